The zero-order valence-corrected chi connectivity index (χ0v) is 7.11. The summed E-state index contributed by atoms with van der Waals surface area (Å²) in [5, 5.41) is 27.4. The third-order valence-corrected chi connectivity index (χ3v) is 2.03. The Morgan fingerprint density at radius 3 is 2.00 bits per heavy atom. The van der Waals surface area contributed by atoms with Crippen molar-refractivity contribution in [2.24, 2.45) is 5.41 Å². The van der Waals surface area contributed by atoms with Crippen LogP contribution in [0, 0.1) is 5.41 Å². The quantitative estimate of drug-likeness (QED) is 0.497. The zero-order chi connectivity index (χ0) is 9.61. The van der Waals surface area contributed by atoms with E-state index in [1.807, 2.05) is 0 Å². The molecule has 0 aliphatic carbocycles. The molecule has 3 heteroatoms. The maximum absolute atomic E-state index is 9.41. The van der Waals surface area contributed by atoms with Gasteiger partial charge in [-0.2, -0.15) is 0 Å². The van der Waals surface area contributed by atoms with Crippen molar-refractivity contribution in [1.82, 2.24) is 0 Å². The monoisotopic (exact) mass is 172 g/mol. The Balaban J connectivity index is 4.53. The number of hydrogen-bond donors (Lipinski definition) is 3. The molecule has 3 nitrogen and oxygen atoms in total. The molecule has 3 N–H and O–H groups in total. The molecule has 0 bridgehead atoms. The van der Waals surface area contributed by atoms with Crippen LogP contribution < -0.4 is 0 Å². The van der Waals surface area contributed by atoms with Gasteiger partial charge in [0.25, 0.3) is 0 Å². The number of hydrogen-bond acceptors (Lipinski definition) is 3. The summed E-state index contributed by atoms with van der Waals surface area (Å²) in [5.74, 6) is 0. The summed E-state index contributed by atoms with van der Waals surface area (Å²) < 4.78 is 0. The van der Waals surface area contributed by atoms with E-state index in [1.54, 1.807) is 6.08 Å². The minimum absolute atomic E-state index is 0.289. The summed E-state index contributed by atoms with van der Waals surface area (Å²) in [6.07, 6.45) is 2.30. The number of rotatable bonds is 6. The molecular formula is C9H16O3. The largest absolute Gasteiger partial charge is 0.396 e. The lowest BCUT2D eigenvalue weighted by Crippen LogP contribution is -2.40. The van der Waals surface area contributed by atoms with Crippen LogP contribution in [0.4, 0.5) is 0 Å². The Labute approximate surface area is 72.7 Å². The Hall–Kier alpha value is -0.640. The van der Waals surface area contributed by atoms with Gasteiger partial charge in [-0.3, -0.25) is 0 Å². The molecular weight excluding hydrogens is 156 g/mol. The Morgan fingerprint density at radius 1 is 1.25 bits per heavy atom. The van der Waals surface area contributed by atoms with Crippen LogP contribution in [0.5, 0.6) is 0 Å². The smallest absolute Gasteiger partial charge is 0.0821 e. The van der Waals surface area contributed by atoms with Crippen LogP contribution in [0.1, 0.15) is 6.42 Å². The van der Waals surface area contributed by atoms with Gasteiger partial charge in [-0.25, -0.2) is 0 Å². The molecule has 0 fully saturated rings. The molecule has 0 aliphatic rings. The van der Waals surface area contributed by atoms with Crippen molar-refractivity contribution in [1.29, 1.82) is 0 Å². The van der Waals surface area contributed by atoms with Gasteiger partial charge in [-0.05, 0) is 6.42 Å². The first-order valence-corrected chi connectivity index (χ1v) is 3.80. The first-order valence-electron chi connectivity index (χ1n) is 3.80. The van der Waals surface area contributed by atoms with Crippen molar-refractivity contribution in [2.75, 3.05) is 13.2 Å². The number of aliphatic hydroxyl groups is 3. The molecule has 0 heterocycles. The molecule has 1 unspecified atom stereocenters. The van der Waals surface area contributed by atoms with E-state index in [1.165, 1.54) is 6.08 Å². The molecule has 70 valence electrons. The van der Waals surface area contributed by atoms with Gasteiger partial charge in [0.15, 0.2) is 0 Å². The molecule has 0 saturated carbocycles. The summed E-state index contributed by atoms with van der Waals surface area (Å²) in [6, 6.07) is 0. The highest BCUT2D eigenvalue weighted by molar-refractivity contribution is 4.98. The van der Waals surface area contributed by atoms with Crippen molar-refractivity contribution in [3.05, 3.63) is 25.3 Å². The van der Waals surface area contributed by atoms with Crippen molar-refractivity contribution in [3.8, 4) is 0 Å². The third-order valence-electron chi connectivity index (χ3n) is 2.03. The molecule has 0 amide bonds. The summed E-state index contributed by atoms with van der Waals surface area (Å²) in [4.78, 5) is 0. The van der Waals surface area contributed by atoms with Crippen LogP contribution in [0.25, 0.3) is 0 Å². The van der Waals surface area contributed by atoms with E-state index in [-0.39, 0.29) is 13.2 Å². The fourth-order valence-electron chi connectivity index (χ4n) is 1.02. The van der Waals surface area contributed by atoms with Crippen LogP contribution in [-0.4, -0.2) is 34.6 Å². The highest BCUT2D eigenvalue weighted by Crippen LogP contribution is 2.26. The fourth-order valence-corrected chi connectivity index (χ4v) is 1.02. The van der Waals surface area contributed by atoms with Crippen molar-refractivity contribution >= 4 is 0 Å². The number of aliphatic hydroxyl groups excluding tert-OH is 3. The molecule has 0 radical (unpaired) electrons. The Bertz CT molecular complexity index is 150. The second-order valence-corrected chi connectivity index (χ2v) is 2.85. The normalized spacial score (nSPS) is 13.9. The fraction of sp³-hybridized carbons (Fsp3) is 0.556. The van der Waals surface area contributed by atoms with Crippen molar-refractivity contribution in [2.45, 2.75) is 12.5 Å². The lowest BCUT2D eigenvalue weighted by molar-refractivity contribution is -0.0279. The Kier molecular flexibility index (Phi) is 4.81. The molecule has 0 aromatic carbocycles. The third kappa shape index (κ3) is 2.17. The second kappa shape index (κ2) is 5.09. The molecule has 0 aliphatic heterocycles. The van der Waals surface area contributed by atoms with Gasteiger partial charge in [-0.1, -0.05) is 12.2 Å². The molecule has 0 spiro atoms. The Morgan fingerprint density at radius 2 is 1.75 bits per heavy atom. The standard InChI is InChI=1S/C9H16O3/c1-3-5-9(6-10,7-11)8(12)4-2/h3-4,8,10-12H,1-2,5-7H2. The van der Waals surface area contributed by atoms with Crippen LogP contribution in [0.15, 0.2) is 25.3 Å². The first kappa shape index (κ1) is 11.4. The average Bonchev–Trinajstić information content (AvgIpc) is 2.13. The average molecular weight is 172 g/mol. The van der Waals surface area contributed by atoms with E-state index in [4.69, 9.17) is 10.2 Å². The molecule has 0 saturated heterocycles. The summed E-state index contributed by atoms with van der Waals surface area (Å²) in [5.41, 5.74) is -0.927. The second-order valence-electron chi connectivity index (χ2n) is 2.85. The minimum atomic E-state index is -0.927. The van der Waals surface area contributed by atoms with E-state index >= 15 is 0 Å². The minimum Gasteiger partial charge on any atom is -0.396 e. The molecule has 1 atom stereocenters. The van der Waals surface area contributed by atoms with E-state index in [9.17, 15) is 5.11 Å². The summed E-state index contributed by atoms with van der Waals surface area (Å²) >= 11 is 0. The topological polar surface area (TPSA) is 60.7 Å². The van der Waals surface area contributed by atoms with E-state index in [0.717, 1.165) is 0 Å². The van der Waals surface area contributed by atoms with Crippen LogP contribution >= 0.6 is 0 Å². The van der Waals surface area contributed by atoms with Crippen molar-refractivity contribution < 1.29 is 15.3 Å². The summed E-state index contributed by atoms with van der Waals surface area (Å²) in [7, 11) is 0. The van der Waals surface area contributed by atoms with E-state index < -0.39 is 11.5 Å². The molecule has 0 rings (SSSR count). The van der Waals surface area contributed by atoms with Gasteiger partial charge in [0.2, 0.25) is 0 Å². The van der Waals surface area contributed by atoms with E-state index in [0.29, 0.717) is 6.42 Å². The van der Waals surface area contributed by atoms with Gasteiger partial charge in [-0.15, -0.1) is 13.2 Å². The maximum atomic E-state index is 9.41. The van der Waals surface area contributed by atoms with E-state index in [2.05, 4.69) is 13.2 Å². The van der Waals surface area contributed by atoms with Crippen molar-refractivity contribution in [3.63, 3.8) is 0 Å². The highest BCUT2D eigenvalue weighted by atomic mass is 16.3. The van der Waals surface area contributed by atoms with Crippen LogP contribution in [0.3, 0.4) is 0 Å². The lowest BCUT2D eigenvalue weighted by atomic mass is 9.80. The van der Waals surface area contributed by atoms with Gasteiger partial charge < -0.3 is 15.3 Å². The molecule has 0 aromatic heterocycles. The summed E-state index contributed by atoms with van der Waals surface area (Å²) in [6.45, 7) is 6.31. The van der Waals surface area contributed by atoms with Gasteiger partial charge in [0.1, 0.15) is 0 Å². The zero-order valence-electron chi connectivity index (χ0n) is 7.11. The van der Waals surface area contributed by atoms with Crippen LogP contribution in [-0.2, 0) is 0 Å². The predicted octanol–water partition coefficient (Wildman–Crippen LogP) is 0.0804. The maximum Gasteiger partial charge on any atom is 0.0821 e. The van der Waals surface area contributed by atoms with Crippen LogP contribution in [0.2, 0.25) is 0 Å². The number of allylic oxidation sites excluding steroid dienone is 1. The predicted molar refractivity (Wildman–Crippen MR) is 47.6 cm³/mol. The first-order chi connectivity index (χ1) is 5.66. The highest BCUT2D eigenvalue weighted by Gasteiger charge is 2.33. The van der Waals surface area contributed by atoms with Gasteiger partial charge in [0.05, 0.1) is 19.3 Å². The SMILES string of the molecule is C=CCC(CO)(CO)C(O)C=C. The van der Waals surface area contributed by atoms with Gasteiger partial charge in [0, 0.05) is 5.41 Å². The van der Waals surface area contributed by atoms with Gasteiger partial charge >= 0.3 is 0 Å². The molecule has 0 aromatic rings. The molecule has 12 heavy (non-hydrogen) atoms. The lowest BCUT2D eigenvalue weighted by Gasteiger charge is -2.31.